The van der Waals surface area contributed by atoms with Crippen LogP contribution in [0.5, 0.6) is 0 Å². The van der Waals surface area contributed by atoms with E-state index in [0.29, 0.717) is 0 Å². The van der Waals surface area contributed by atoms with Crippen LogP contribution in [0.4, 0.5) is 5.95 Å². The van der Waals surface area contributed by atoms with Gasteiger partial charge in [0.25, 0.3) is 0 Å². The molecule has 0 aliphatic carbocycles. The van der Waals surface area contributed by atoms with E-state index in [1.54, 1.807) is 6.92 Å². The molecular formula is C9H14N4O3. The highest BCUT2D eigenvalue weighted by Gasteiger charge is 2.22. The second kappa shape index (κ2) is 5.24. The second-order valence-corrected chi connectivity index (χ2v) is 3.41. The number of hydrogen-bond donors (Lipinski definition) is 2. The van der Waals surface area contributed by atoms with Crippen molar-refractivity contribution in [3.63, 3.8) is 0 Å². The first-order valence-corrected chi connectivity index (χ1v) is 4.94. The van der Waals surface area contributed by atoms with E-state index in [1.807, 2.05) is 0 Å². The number of anilines is 1. The fraction of sp³-hybridized carbons (Fsp3) is 0.556. The van der Waals surface area contributed by atoms with Gasteiger partial charge in [-0.05, 0) is 0 Å². The third kappa shape index (κ3) is 2.78. The first-order valence-electron chi connectivity index (χ1n) is 4.94. The lowest BCUT2D eigenvalue weighted by atomic mass is 10.1. The number of nitrogens with one attached hydrogen (secondary N) is 1. The quantitative estimate of drug-likeness (QED) is 0.750. The third-order valence-corrected chi connectivity index (χ3v) is 2.14. The molecule has 1 rings (SSSR count). The first-order chi connectivity index (χ1) is 7.56. The van der Waals surface area contributed by atoms with Crippen molar-refractivity contribution in [3.05, 3.63) is 6.33 Å². The van der Waals surface area contributed by atoms with Crippen molar-refractivity contribution in [2.45, 2.75) is 20.3 Å². The van der Waals surface area contributed by atoms with Gasteiger partial charge in [-0.3, -0.25) is 14.5 Å². The number of rotatable bonds is 5. The fourth-order valence-electron chi connectivity index (χ4n) is 1.18. The number of carboxylic acids is 1. The van der Waals surface area contributed by atoms with Crippen LogP contribution in [0, 0.1) is 5.92 Å². The van der Waals surface area contributed by atoms with Gasteiger partial charge in [-0.15, -0.1) is 0 Å². The van der Waals surface area contributed by atoms with Crippen molar-refractivity contribution in [2.24, 2.45) is 5.92 Å². The van der Waals surface area contributed by atoms with Crippen molar-refractivity contribution in [2.75, 3.05) is 11.4 Å². The summed E-state index contributed by atoms with van der Waals surface area (Å²) in [5, 5.41) is 15.0. The first kappa shape index (κ1) is 12.2. The number of H-pyrrole nitrogens is 1. The summed E-state index contributed by atoms with van der Waals surface area (Å²) >= 11 is 0. The van der Waals surface area contributed by atoms with Gasteiger partial charge in [-0.2, -0.15) is 10.1 Å². The number of amides is 1. The molecule has 7 nitrogen and oxygen atoms in total. The highest BCUT2D eigenvalue weighted by Crippen LogP contribution is 2.10. The van der Waals surface area contributed by atoms with Gasteiger partial charge in [0.15, 0.2) is 0 Å². The van der Waals surface area contributed by atoms with Crippen LogP contribution < -0.4 is 4.90 Å². The van der Waals surface area contributed by atoms with E-state index < -0.39 is 11.9 Å². The molecule has 0 radical (unpaired) electrons. The van der Waals surface area contributed by atoms with Gasteiger partial charge in [0.2, 0.25) is 11.9 Å². The Morgan fingerprint density at radius 2 is 2.31 bits per heavy atom. The van der Waals surface area contributed by atoms with Crippen molar-refractivity contribution in [3.8, 4) is 0 Å². The lowest BCUT2D eigenvalue weighted by molar-refractivity contribution is -0.140. The Hall–Kier alpha value is -1.92. The number of carboxylic acid groups (broad SMARTS) is 1. The molecule has 1 atom stereocenters. The lowest BCUT2D eigenvalue weighted by Crippen LogP contribution is -2.37. The predicted octanol–water partition coefficient (Wildman–Crippen LogP) is 0.268. The zero-order valence-electron chi connectivity index (χ0n) is 9.17. The summed E-state index contributed by atoms with van der Waals surface area (Å²) in [5.74, 6) is -1.51. The Kier molecular flexibility index (Phi) is 3.98. The Balaban J connectivity index is 2.81. The lowest BCUT2D eigenvalue weighted by Gasteiger charge is -2.20. The number of aromatic nitrogens is 3. The van der Waals surface area contributed by atoms with Gasteiger partial charge in [0.05, 0.1) is 5.92 Å². The molecule has 0 saturated carbocycles. The summed E-state index contributed by atoms with van der Waals surface area (Å²) in [4.78, 5) is 27.5. The van der Waals surface area contributed by atoms with E-state index in [9.17, 15) is 9.59 Å². The SMILES string of the molecule is CCC(=O)N(CC(C)C(=O)O)c1ncn[nH]1. The van der Waals surface area contributed by atoms with Crippen LogP contribution in [0.15, 0.2) is 6.33 Å². The average Bonchev–Trinajstić information content (AvgIpc) is 2.77. The predicted molar refractivity (Wildman–Crippen MR) is 55.8 cm³/mol. The van der Waals surface area contributed by atoms with Crippen LogP contribution in [-0.2, 0) is 9.59 Å². The van der Waals surface area contributed by atoms with Crippen LogP contribution in [0.3, 0.4) is 0 Å². The Morgan fingerprint density at radius 1 is 1.62 bits per heavy atom. The summed E-state index contributed by atoms with van der Waals surface area (Å²) in [6, 6.07) is 0. The van der Waals surface area contributed by atoms with Gasteiger partial charge in [-0.25, -0.2) is 5.10 Å². The average molecular weight is 226 g/mol. The number of carbonyl (C=O) groups is 2. The van der Waals surface area contributed by atoms with Gasteiger partial charge in [0.1, 0.15) is 6.33 Å². The maximum atomic E-state index is 11.6. The van der Waals surface area contributed by atoms with E-state index in [1.165, 1.54) is 18.2 Å². The molecule has 0 aliphatic rings. The minimum Gasteiger partial charge on any atom is -0.481 e. The number of aromatic amines is 1. The maximum Gasteiger partial charge on any atom is 0.308 e. The molecule has 88 valence electrons. The van der Waals surface area contributed by atoms with E-state index in [4.69, 9.17) is 5.11 Å². The monoisotopic (exact) mass is 226 g/mol. The standard InChI is InChI=1S/C9H14N4O3/c1-3-7(14)13(4-6(2)8(15)16)9-10-5-11-12-9/h5-6H,3-4H2,1-2H3,(H,15,16)(H,10,11,12). The maximum absolute atomic E-state index is 11.6. The summed E-state index contributed by atoms with van der Waals surface area (Å²) in [7, 11) is 0. The van der Waals surface area contributed by atoms with E-state index in [0.717, 1.165) is 0 Å². The highest BCUT2D eigenvalue weighted by molar-refractivity contribution is 5.91. The summed E-state index contributed by atoms with van der Waals surface area (Å²) < 4.78 is 0. The minimum absolute atomic E-state index is 0.0806. The molecule has 7 heteroatoms. The fourth-order valence-corrected chi connectivity index (χ4v) is 1.18. The number of hydrogen-bond acceptors (Lipinski definition) is 4. The van der Waals surface area contributed by atoms with E-state index in [-0.39, 0.29) is 24.8 Å². The van der Waals surface area contributed by atoms with Crippen molar-refractivity contribution >= 4 is 17.8 Å². The molecule has 1 amide bonds. The zero-order chi connectivity index (χ0) is 12.1. The van der Waals surface area contributed by atoms with Crippen LogP contribution in [-0.4, -0.2) is 38.7 Å². The minimum atomic E-state index is -0.951. The normalized spacial score (nSPS) is 12.1. The smallest absolute Gasteiger partial charge is 0.308 e. The third-order valence-electron chi connectivity index (χ3n) is 2.14. The number of carbonyl (C=O) groups excluding carboxylic acids is 1. The van der Waals surface area contributed by atoms with Crippen LogP contribution in [0.2, 0.25) is 0 Å². The summed E-state index contributed by atoms with van der Waals surface area (Å²) in [5.41, 5.74) is 0. The van der Waals surface area contributed by atoms with Crippen molar-refractivity contribution in [1.29, 1.82) is 0 Å². The Morgan fingerprint density at radius 3 is 2.75 bits per heavy atom. The Bertz CT molecular complexity index is 363. The molecule has 0 fully saturated rings. The molecule has 1 aromatic rings. The topological polar surface area (TPSA) is 99.2 Å². The summed E-state index contributed by atoms with van der Waals surface area (Å²) in [6.07, 6.45) is 1.56. The molecule has 2 N–H and O–H groups in total. The van der Waals surface area contributed by atoms with Gasteiger partial charge in [0, 0.05) is 13.0 Å². The molecule has 0 bridgehead atoms. The van der Waals surface area contributed by atoms with Gasteiger partial charge in [-0.1, -0.05) is 13.8 Å². The molecule has 1 heterocycles. The molecule has 1 unspecified atom stereocenters. The second-order valence-electron chi connectivity index (χ2n) is 3.41. The molecule has 16 heavy (non-hydrogen) atoms. The highest BCUT2D eigenvalue weighted by atomic mass is 16.4. The molecule has 0 aromatic carbocycles. The van der Waals surface area contributed by atoms with Crippen molar-refractivity contribution < 1.29 is 14.7 Å². The van der Waals surface area contributed by atoms with Gasteiger partial charge >= 0.3 is 5.97 Å². The molecule has 1 aromatic heterocycles. The molecule has 0 spiro atoms. The molecular weight excluding hydrogens is 212 g/mol. The van der Waals surface area contributed by atoms with E-state index >= 15 is 0 Å². The van der Waals surface area contributed by atoms with Crippen LogP contribution in [0.1, 0.15) is 20.3 Å². The van der Waals surface area contributed by atoms with Crippen molar-refractivity contribution in [1.82, 2.24) is 15.2 Å². The molecule has 0 aliphatic heterocycles. The van der Waals surface area contributed by atoms with Gasteiger partial charge < -0.3 is 5.11 Å². The van der Waals surface area contributed by atoms with E-state index in [2.05, 4.69) is 15.2 Å². The number of aliphatic carboxylic acids is 1. The van der Waals surface area contributed by atoms with Crippen LogP contribution >= 0.6 is 0 Å². The number of nitrogens with zero attached hydrogens (tertiary/aromatic N) is 3. The zero-order valence-corrected chi connectivity index (χ0v) is 9.17. The Labute approximate surface area is 92.5 Å². The summed E-state index contributed by atoms with van der Waals surface area (Å²) in [6.45, 7) is 3.32. The largest absolute Gasteiger partial charge is 0.481 e. The van der Waals surface area contributed by atoms with Crippen LogP contribution in [0.25, 0.3) is 0 Å². The molecule has 0 saturated heterocycles.